The van der Waals surface area contributed by atoms with Gasteiger partial charge in [-0.2, -0.15) is 5.10 Å². The average Bonchev–Trinajstić information content (AvgIpc) is 3.39. The molecule has 1 aliphatic rings. The van der Waals surface area contributed by atoms with Crippen LogP contribution >= 0.6 is 0 Å². The van der Waals surface area contributed by atoms with E-state index in [1.165, 1.54) is 0 Å². The van der Waals surface area contributed by atoms with Gasteiger partial charge in [-0.1, -0.05) is 13.0 Å². The zero-order chi connectivity index (χ0) is 19.3. The quantitative estimate of drug-likeness (QED) is 0.712. The Labute approximate surface area is 163 Å². The van der Waals surface area contributed by atoms with Crippen LogP contribution in [0.3, 0.4) is 0 Å². The third kappa shape index (κ3) is 3.89. The van der Waals surface area contributed by atoms with E-state index < -0.39 is 0 Å². The van der Waals surface area contributed by atoms with Crippen molar-refractivity contribution >= 4 is 11.6 Å². The SMILES string of the molecule is CCc1c(C(=O)Nc2ccc(O[C@H]3CCOC3)cc2)cnn1-c1ccccn1. The molecule has 1 aliphatic heterocycles. The fraction of sp³-hybridized carbons (Fsp3) is 0.286. The first-order chi connectivity index (χ1) is 13.7. The molecule has 2 aromatic heterocycles. The van der Waals surface area contributed by atoms with Crippen LogP contribution in [0.2, 0.25) is 0 Å². The number of pyridine rings is 1. The normalized spacial score (nSPS) is 16.1. The number of carbonyl (C=O) groups is 1. The van der Waals surface area contributed by atoms with Crippen molar-refractivity contribution in [3.05, 3.63) is 66.1 Å². The summed E-state index contributed by atoms with van der Waals surface area (Å²) in [6, 6.07) is 13.0. The second kappa shape index (κ2) is 8.22. The molecule has 7 nitrogen and oxygen atoms in total. The Kier molecular flexibility index (Phi) is 5.34. The second-order valence-electron chi connectivity index (χ2n) is 6.54. The third-order valence-electron chi connectivity index (χ3n) is 4.62. The molecule has 1 N–H and O–H groups in total. The van der Waals surface area contributed by atoms with Gasteiger partial charge in [0.05, 0.1) is 30.7 Å². The maximum atomic E-state index is 12.8. The van der Waals surface area contributed by atoms with Crippen LogP contribution in [0.1, 0.15) is 29.4 Å². The summed E-state index contributed by atoms with van der Waals surface area (Å²) in [6.07, 6.45) is 4.96. The molecule has 1 saturated heterocycles. The number of nitrogens with zero attached hydrogens (tertiary/aromatic N) is 3. The molecule has 0 spiro atoms. The number of hydrogen-bond donors (Lipinski definition) is 1. The Balaban J connectivity index is 1.47. The van der Waals surface area contributed by atoms with E-state index in [0.29, 0.717) is 30.1 Å². The van der Waals surface area contributed by atoms with Crippen LogP contribution < -0.4 is 10.1 Å². The van der Waals surface area contributed by atoms with Gasteiger partial charge in [-0.15, -0.1) is 0 Å². The van der Waals surface area contributed by atoms with Crippen LogP contribution in [0.5, 0.6) is 5.75 Å². The van der Waals surface area contributed by atoms with Crippen molar-refractivity contribution in [1.29, 1.82) is 0 Å². The zero-order valence-electron chi connectivity index (χ0n) is 15.7. The van der Waals surface area contributed by atoms with Gasteiger partial charge in [-0.05, 0) is 42.8 Å². The molecule has 4 rings (SSSR count). The number of hydrogen-bond acceptors (Lipinski definition) is 5. The number of amides is 1. The molecule has 0 bridgehead atoms. The predicted molar refractivity (Wildman–Crippen MR) is 105 cm³/mol. The van der Waals surface area contributed by atoms with Crippen molar-refractivity contribution in [2.75, 3.05) is 18.5 Å². The summed E-state index contributed by atoms with van der Waals surface area (Å²) in [5, 5.41) is 7.28. The Morgan fingerprint density at radius 3 is 2.82 bits per heavy atom. The molecule has 144 valence electrons. The van der Waals surface area contributed by atoms with E-state index in [-0.39, 0.29) is 12.0 Å². The van der Waals surface area contributed by atoms with Gasteiger partial charge in [0.15, 0.2) is 5.82 Å². The summed E-state index contributed by atoms with van der Waals surface area (Å²) in [5.74, 6) is 1.26. The minimum absolute atomic E-state index is 0.102. The summed E-state index contributed by atoms with van der Waals surface area (Å²) >= 11 is 0. The molecule has 28 heavy (non-hydrogen) atoms. The number of benzene rings is 1. The zero-order valence-corrected chi connectivity index (χ0v) is 15.7. The lowest BCUT2D eigenvalue weighted by molar-refractivity contribution is 0.102. The van der Waals surface area contributed by atoms with Crippen LogP contribution in [0.15, 0.2) is 54.9 Å². The summed E-state index contributed by atoms with van der Waals surface area (Å²) in [4.78, 5) is 17.1. The van der Waals surface area contributed by atoms with Crippen LogP contribution in [0.25, 0.3) is 5.82 Å². The first-order valence-corrected chi connectivity index (χ1v) is 9.38. The van der Waals surface area contributed by atoms with E-state index in [4.69, 9.17) is 9.47 Å². The molecule has 3 heterocycles. The van der Waals surface area contributed by atoms with Crippen molar-refractivity contribution in [2.24, 2.45) is 0 Å². The monoisotopic (exact) mass is 378 g/mol. The Morgan fingerprint density at radius 2 is 2.14 bits per heavy atom. The van der Waals surface area contributed by atoms with Gasteiger partial charge in [0.2, 0.25) is 0 Å². The minimum Gasteiger partial charge on any atom is -0.488 e. The Hall–Kier alpha value is -3.19. The molecule has 1 fully saturated rings. The molecule has 7 heteroatoms. The summed E-state index contributed by atoms with van der Waals surface area (Å²) in [6.45, 7) is 3.36. The standard InChI is InChI=1S/C21H22N4O3/c1-2-19-18(13-23-25(19)20-5-3-4-11-22-20)21(26)24-15-6-8-16(9-7-15)28-17-10-12-27-14-17/h3-9,11,13,17H,2,10,12,14H2,1H3,(H,24,26)/t17-/m0/s1. The van der Waals surface area contributed by atoms with E-state index in [2.05, 4.69) is 15.4 Å². The van der Waals surface area contributed by atoms with E-state index >= 15 is 0 Å². The molecular formula is C21H22N4O3. The van der Waals surface area contributed by atoms with Gasteiger partial charge in [-0.25, -0.2) is 9.67 Å². The molecule has 0 aliphatic carbocycles. The van der Waals surface area contributed by atoms with Crippen molar-refractivity contribution in [2.45, 2.75) is 25.9 Å². The van der Waals surface area contributed by atoms with Crippen LogP contribution in [-0.4, -0.2) is 40.0 Å². The van der Waals surface area contributed by atoms with Crippen molar-refractivity contribution in [1.82, 2.24) is 14.8 Å². The van der Waals surface area contributed by atoms with Crippen LogP contribution in [0, 0.1) is 0 Å². The molecule has 0 saturated carbocycles. The molecule has 1 atom stereocenters. The maximum Gasteiger partial charge on any atom is 0.259 e. The maximum absolute atomic E-state index is 12.8. The highest BCUT2D eigenvalue weighted by Crippen LogP contribution is 2.21. The number of ether oxygens (including phenoxy) is 2. The lowest BCUT2D eigenvalue weighted by atomic mass is 10.2. The summed E-state index contributed by atoms with van der Waals surface area (Å²) in [7, 11) is 0. The number of nitrogens with one attached hydrogen (secondary N) is 1. The summed E-state index contributed by atoms with van der Waals surface area (Å²) < 4.78 is 12.9. The number of anilines is 1. The van der Waals surface area contributed by atoms with Gasteiger partial charge < -0.3 is 14.8 Å². The lowest BCUT2D eigenvalue weighted by Crippen LogP contribution is -2.16. The third-order valence-corrected chi connectivity index (χ3v) is 4.62. The fourth-order valence-electron chi connectivity index (χ4n) is 3.19. The number of rotatable bonds is 6. The molecular weight excluding hydrogens is 356 g/mol. The number of aromatic nitrogens is 3. The van der Waals surface area contributed by atoms with Gasteiger partial charge in [0, 0.05) is 18.3 Å². The van der Waals surface area contributed by atoms with E-state index in [1.807, 2.05) is 49.4 Å². The first-order valence-electron chi connectivity index (χ1n) is 9.38. The van der Waals surface area contributed by atoms with Crippen molar-refractivity contribution in [3.8, 4) is 11.6 Å². The van der Waals surface area contributed by atoms with Gasteiger partial charge >= 0.3 is 0 Å². The number of carbonyl (C=O) groups excluding carboxylic acids is 1. The van der Waals surface area contributed by atoms with Crippen LogP contribution in [-0.2, 0) is 11.2 Å². The van der Waals surface area contributed by atoms with Gasteiger partial charge in [0.25, 0.3) is 5.91 Å². The van der Waals surface area contributed by atoms with Crippen molar-refractivity contribution < 1.29 is 14.3 Å². The highest BCUT2D eigenvalue weighted by Gasteiger charge is 2.19. The second-order valence-corrected chi connectivity index (χ2v) is 6.54. The van der Waals surface area contributed by atoms with E-state index in [0.717, 1.165) is 24.5 Å². The van der Waals surface area contributed by atoms with E-state index in [1.54, 1.807) is 17.1 Å². The predicted octanol–water partition coefficient (Wildman–Crippen LogP) is 3.25. The lowest BCUT2D eigenvalue weighted by Gasteiger charge is -2.12. The van der Waals surface area contributed by atoms with Crippen LogP contribution in [0.4, 0.5) is 5.69 Å². The van der Waals surface area contributed by atoms with Gasteiger partial charge in [0.1, 0.15) is 11.9 Å². The highest BCUT2D eigenvalue weighted by molar-refractivity contribution is 6.05. The fourth-order valence-corrected chi connectivity index (χ4v) is 3.19. The molecule has 1 amide bonds. The molecule has 0 radical (unpaired) electrons. The summed E-state index contributed by atoms with van der Waals surface area (Å²) in [5.41, 5.74) is 2.06. The Bertz CT molecular complexity index is 932. The van der Waals surface area contributed by atoms with Gasteiger partial charge in [-0.3, -0.25) is 4.79 Å². The topological polar surface area (TPSA) is 78.3 Å². The van der Waals surface area contributed by atoms with E-state index in [9.17, 15) is 4.79 Å². The molecule has 3 aromatic rings. The smallest absolute Gasteiger partial charge is 0.259 e. The first kappa shape index (κ1) is 18.2. The largest absolute Gasteiger partial charge is 0.488 e. The van der Waals surface area contributed by atoms with Crippen molar-refractivity contribution in [3.63, 3.8) is 0 Å². The minimum atomic E-state index is -0.197. The average molecular weight is 378 g/mol. The highest BCUT2D eigenvalue weighted by atomic mass is 16.5. The molecule has 0 unspecified atom stereocenters. The molecule has 1 aromatic carbocycles. The Morgan fingerprint density at radius 1 is 1.29 bits per heavy atom.